The molecule has 0 N–H and O–H groups in total. The monoisotopic (exact) mass is 330 g/mol. The third-order valence-electron chi connectivity index (χ3n) is 2.45. The molecule has 0 amide bonds. The maximum absolute atomic E-state index is 12.1. The molecule has 5 heteroatoms. The Bertz CT molecular complexity index is 613. The summed E-state index contributed by atoms with van der Waals surface area (Å²) in [6.45, 7) is 0. The van der Waals surface area contributed by atoms with E-state index in [9.17, 15) is 4.79 Å². The first-order valence-corrected chi connectivity index (χ1v) is 7.56. The lowest BCUT2D eigenvalue weighted by atomic mass is 10.1. The van der Waals surface area contributed by atoms with E-state index in [4.69, 9.17) is 34.8 Å². The van der Waals surface area contributed by atoms with Gasteiger partial charge in [-0.3, -0.25) is 4.79 Å². The predicted molar refractivity (Wildman–Crippen MR) is 83.0 cm³/mol. The Morgan fingerprint density at radius 1 is 0.947 bits per heavy atom. The maximum atomic E-state index is 12.1. The number of thioether (sulfide) groups is 1. The summed E-state index contributed by atoms with van der Waals surface area (Å²) in [6, 6.07) is 12.4. The van der Waals surface area contributed by atoms with Crippen molar-refractivity contribution in [1.82, 2.24) is 0 Å². The Hall–Kier alpha value is -0.670. The highest BCUT2D eigenvalue weighted by atomic mass is 35.5. The molecule has 2 aromatic rings. The van der Waals surface area contributed by atoms with E-state index in [1.54, 1.807) is 24.3 Å². The van der Waals surface area contributed by atoms with Crippen LogP contribution in [0.4, 0.5) is 0 Å². The Balaban J connectivity index is 2.10. The van der Waals surface area contributed by atoms with Gasteiger partial charge >= 0.3 is 0 Å². The third-order valence-corrected chi connectivity index (χ3v) is 4.78. The van der Waals surface area contributed by atoms with Gasteiger partial charge in [-0.2, -0.15) is 0 Å². The molecule has 0 aromatic heterocycles. The van der Waals surface area contributed by atoms with Crippen molar-refractivity contribution >= 4 is 52.3 Å². The summed E-state index contributed by atoms with van der Waals surface area (Å²) < 4.78 is 0. The van der Waals surface area contributed by atoms with Crippen LogP contribution >= 0.6 is 46.6 Å². The van der Waals surface area contributed by atoms with Crippen molar-refractivity contribution in [1.29, 1.82) is 0 Å². The van der Waals surface area contributed by atoms with E-state index >= 15 is 0 Å². The topological polar surface area (TPSA) is 17.1 Å². The van der Waals surface area contributed by atoms with Crippen LogP contribution in [0.1, 0.15) is 10.4 Å². The number of Topliss-reactive ketones (excluding diaryl/α,β-unsaturated/α-hetero) is 1. The van der Waals surface area contributed by atoms with Gasteiger partial charge < -0.3 is 0 Å². The van der Waals surface area contributed by atoms with Gasteiger partial charge in [0.2, 0.25) is 0 Å². The van der Waals surface area contributed by atoms with Gasteiger partial charge in [-0.1, -0.05) is 53.0 Å². The highest BCUT2D eigenvalue weighted by Gasteiger charge is 2.13. The Morgan fingerprint density at radius 3 is 2.37 bits per heavy atom. The largest absolute Gasteiger partial charge is 0.293 e. The number of benzene rings is 2. The first kappa shape index (κ1) is 14.7. The van der Waals surface area contributed by atoms with Crippen molar-refractivity contribution in [2.75, 3.05) is 5.75 Å². The van der Waals surface area contributed by atoms with Gasteiger partial charge in [0, 0.05) is 10.5 Å². The first-order chi connectivity index (χ1) is 9.09. The minimum atomic E-state index is -0.0718. The first-order valence-electron chi connectivity index (χ1n) is 5.44. The average molecular weight is 332 g/mol. The second-order valence-corrected chi connectivity index (χ2v) is 5.95. The molecule has 0 atom stereocenters. The summed E-state index contributed by atoms with van der Waals surface area (Å²) in [7, 11) is 0. The van der Waals surface area contributed by atoms with Crippen LogP contribution in [0.2, 0.25) is 15.1 Å². The number of hydrogen-bond acceptors (Lipinski definition) is 2. The highest BCUT2D eigenvalue weighted by molar-refractivity contribution is 8.00. The summed E-state index contributed by atoms with van der Waals surface area (Å²) in [5.41, 5.74) is 0.439. The summed E-state index contributed by atoms with van der Waals surface area (Å²) in [5, 5.41) is 1.32. The normalized spacial score (nSPS) is 10.5. The SMILES string of the molecule is O=C(CSc1ccccc1Cl)c1cccc(Cl)c1Cl. The number of halogens is 3. The number of carbonyl (C=O) groups is 1. The zero-order valence-electron chi connectivity index (χ0n) is 9.70. The van der Waals surface area contributed by atoms with E-state index in [0.29, 0.717) is 20.6 Å². The fourth-order valence-electron chi connectivity index (χ4n) is 1.50. The molecule has 0 heterocycles. The molecule has 0 bridgehead atoms. The zero-order chi connectivity index (χ0) is 13.8. The number of ketones is 1. The summed E-state index contributed by atoms with van der Waals surface area (Å²) in [6.07, 6.45) is 0. The molecule has 0 saturated carbocycles. The van der Waals surface area contributed by atoms with Crippen molar-refractivity contribution in [3.05, 3.63) is 63.1 Å². The van der Waals surface area contributed by atoms with Gasteiger partial charge in [0.05, 0.1) is 20.8 Å². The van der Waals surface area contributed by atoms with Crippen molar-refractivity contribution in [3.8, 4) is 0 Å². The molecule has 0 aliphatic carbocycles. The Morgan fingerprint density at radius 2 is 1.63 bits per heavy atom. The van der Waals surface area contributed by atoms with Crippen LogP contribution < -0.4 is 0 Å². The molecule has 0 aliphatic rings. The standard InChI is InChI=1S/C14H9Cl3OS/c15-10-5-1-2-7-13(10)19-8-12(18)9-4-3-6-11(16)14(9)17/h1-7H,8H2. The molecular formula is C14H9Cl3OS. The van der Waals surface area contributed by atoms with Crippen LogP contribution in [0.5, 0.6) is 0 Å². The molecule has 0 unspecified atom stereocenters. The van der Waals surface area contributed by atoms with Crippen molar-refractivity contribution in [3.63, 3.8) is 0 Å². The van der Waals surface area contributed by atoms with Gasteiger partial charge in [0.1, 0.15) is 0 Å². The fraction of sp³-hybridized carbons (Fsp3) is 0.0714. The quantitative estimate of drug-likeness (QED) is 0.534. The van der Waals surface area contributed by atoms with Gasteiger partial charge in [-0.15, -0.1) is 11.8 Å². The molecule has 0 fully saturated rings. The van der Waals surface area contributed by atoms with Gasteiger partial charge in [0.25, 0.3) is 0 Å². The minimum absolute atomic E-state index is 0.0718. The van der Waals surface area contributed by atoms with E-state index in [-0.39, 0.29) is 11.5 Å². The van der Waals surface area contributed by atoms with E-state index in [1.165, 1.54) is 11.8 Å². The predicted octanol–water partition coefficient (Wildman–Crippen LogP) is 5.62. The van der Waals surface area contributed by atoms with Gasteiger partial charge in [0.15, 0.2) is 5.78 Å². The van der Waals surface area contributed by atoms with E-state index in [2.05, 4.69) is 0 Å². The van der Waals surface area contributed by atoms with Crippen LogP contribution in [0.3, 0.4) is 0 Å². The van der Waals surface area contributed by atoms with E-state index in [0.717, 1.165) is 4.90 Å². The Kier molecular flexibility index (Phi) is 5.17. The summed E-state index contributed by atoms with van der Waals surface area (Å²) >= 11 is 19.3. The lowest BCUT2D eigenvalue weighted by molar-refractivity contribution is 0.102. The zero-order valence-corrected chi connectivity index (χ0v) is 12.8. The number of rotatable bonds is 4. The van der Waals surface area contributed by atoms with Gasteiger partial charge in [-0.25, -0.2) is 0 Å². The molecular weight excluding hydrogens is 323 g/mol. The molecule has 19 heavy (non-hydrogen) atoms. The smallest absolute Gasteiger partial charge is 0.174 e. The maximum Gasteiger partial charge on any atom is 0.174 e. The summed E-state index contributed by atoms with van der Waals surface area (Å²) in [5.74, 6) is 0.196. The average Bonchev–Trinajstić information content (AvgIpc) is 2.40. The van der Waals surface area contributed by atoms with Crippen molar-refractivity contribution in [2.24, 2.45) is 0 Å². The molecule has 1 nitrogen and oxygen atoms in total. The molecule has 0 saturated heterocycles. The van der Waals surface area contributed by atoms with E-state index < -0.39 is 0 Å². The molecule has 2 rings (SSSR count). The lowest BCUT2D eigenvalue weighted by Gasteiger charge is -2.06. The van der Waals surface area contributed by atoms with Crippen molar-refractivity contribution < 1.29 is 4.79 Å². The molecule has 0 radical (unpaired) electrons. The Labute approximate surface area is 130 Å². The molecule has 0 aliphatic heterocycles. The second kappa shape index (κ2) is 6.67. The second-order valence-electron chi connectivity index (χ2n) is 3.74. The summed E-state index contributed by atoms with van der Waals surface area (Å²) in [4.78, 5) is 13.0. The molecule has 98 valence electrons. The molecule has 0 spiro atoms. The van der Waals surface area contributed by atoms with Crippen LogP contribution in [-0.4, -0.2) is 11.5 Å². The fourth-order valence-corrected chi connectivity index (χ4v) is 3.03. The highest BCUT2D eigenvalue weighted by Crippen LogP contribution is 2.30. The number of hydrogen-bond donors (Lipinski definition) is 0. The minimum Gasteiger partial charge on any atom is -0.293 e. The lowest BCUT2D eigenvalue weighted by Crippen LogP contribution is -2.03. The molecule has 2 aromatic carbocycles. The van der Waals surface area contributed by atoms with Gasteiger partial charge in [-0.05, 0) is 24.3 Å². The third kappa shape index (κ3) is 3.67. The van der Waals surface area contributed by atoms with E-state index in [1.807, 2.05) is 18.2 Å². The van der Waals surface area contributed by atoms with Crippen LogP contribution in [0.15, 0.2) is 47.4 Å². The van der Waals surface area contributed by atoms with Crippen LogP contribution in [0.25, 0.3) is 0 Å². The number of carbonyl (C=O) groups excluding carboxylic acids is 1. The van der Waals surface area contributed by atoms with Crippen molar-refractivity contribution in [2.45, 2.75) is 4.90 Å². The van der Waals surface area contributed by atoms with Crippen LogP contribution in [-0.2, 0) is 0 Å². The van der Waals surface area contributed by atoms with Crippen LogP contribution in [0, 0.1) is 0 Å².